The minimum atomic E-state index is -0.637. The van der Waals surface area contributed by atoms with Crippen LogP contribution in [0.3, 0.4) is 0 Å². The first-order valence-corrected chi connectivity index (χ1v) is 9.41. The van der Waals surface area contributed by atoms with Crippen molar-refractivity contribution in [2.24, 2.45) is 0 Å². The predicted molar refractivity (Wildman–Crippen MR) is 101 cm³/mol. The Bertz CT molecular complexity index is 1030. The number of nitrogens with zero attached hydrogens (tertiary/aromatic N) is 2. The molecule has 1 atom stereocenters. The molecule has 1 aliphatic carbocycles. The van der Waals surface area contributed by atoms with Crippen LogP contribution in [-0.2, 0) is 0 Å². The minimum Gasteiger partial charge on any atom is -0.382 e. The van der Waals surface area contributed by atoms with Crippen LogP contribution in [0.2, 0.25) is 0 Å². The third-order valence-electron chi connectivity index (χ3n) is 4.85. The first kappa shape index (κ1) is 14.9. The van der Waals surface area contributed by atoms with E-state index in [9.17, 15) is 5.11 Å². The van der Waals surface area contributed by atoms with Gasteiger partial charge in [-0.15, -0.1) is 11.3 Å². The van der Waals surface area contributed by atoms with Crippen molar-refractivity contribution >= 4 is 16.2 Å². The van der Waals surface area contributed by atoms with Crippen molar-refractivity contribution in [3.8, 4) is 11.1 Å². The smallest absolute Gasteiger partial charge is 0.121 e. The Balaban J connectivity index is 1.60. The molecule has 0 saturated heterocycles. The molecule has 1 aliphatic rings. The lowest BCUT2D eigenvalue weighted by atomic mass is 9.98. The standard InChI is InChI=1S/C21H18N2OS/c24-20(17-8-4-7-16(11-17)14-5-2-1-3-6-14)19-21(15-9-10-15)25-18-12-22-13-23(18)19/h1-8,11-13,15,20,24H,9-10H2. The fraction of sp³-hybridized carbons (Fsp3) is 0.190. The van der Waals surface area contributed by atoms with Gasteiger partial charge in [0.25, 0.3) is 0 Å². The molecule has 0 spiro atoms. The average Bonchev–Trinajstić information content (AvgIpc) is 3.30. The number of hydrogen-bond donors (Lipinski definition) is 1. The number of fused-ring (bicyclic) bond motifs is 1. The van der Waals surface area contributed by atoms with Crippen molar-refractivity contribution in [1.29, 1.82) is 0 Å². The summed E-state index contributed by atoms with van der Waals surface area (Å²) in [5.41, 5.74) is 4.21. The number of imidazole rings is 1. The van der Waals surface area contributed by atoms with Gasteiger partial charge < -0.3 is 5.11 Å². The molecule has 1 saturated carbocycles. The third kappa shape index (κ3) is 2.58. The van der Waals surface area contributed by atoms with Crippen molar-refractivity contribution < 1.29 is 5.11 Å². The third-order valence-corrected chi connectivity index (χ3v) is 6.12. The second-order valence-electron chi connectivity index (χ2n) is 6.62. The van der Waals surface area contributed by atoms with E-state index in [1.165, 1.54) is 17.7 Å². The molecule has 0 amide bonds. The van der Waals surface area contributed by atoms with Crippen molar-refractivity contribution in [1.82, 2.24) is 9.38 Å². The highest BCUT2D eigenvalue weighted by Gasteiger charge is 2.32. The van der Waals surface area contributed by atoms with Gasteiger partial charge >= 0.3 is 0 Å². The van der Waals surface area contributed by atoms with Crippen molar-refractivity contribution in [2.45, 2.75) is 24.9 Å². The second-order valence-corrected chi connectivity index (χ2v) is 7.68. The molecule has 0 bridgehead atoms. The van der Waals surface area contributed by atoms with Crippen LogP contribution in [0.15, 0.2) is 67.1 Å². The zero-order valence-corrected chi connectivity index (χ0v) is 14.5. The summed E-state index contributed by atoms with van der Waals surface area (Å²) in [6.45, 7) is 0. The SMILES string of the molecule is OC(c1cccc(-c2ccccc2)c1)c1c(C2CC2)sc2cncn12. The number of aliphatic hydroxyl groups excluding tert-OH is 1. The van der Waals surface area contributed by atoms with E-state index in [4.69, 9.17) is 0 Å². The van der Waals surface area contributed by atoms with Crippen LogP contribution in [0, 0.1) is 0 Å². The zero-order chi connectivity index (χ0) is 16.8. The quantitative estimate of drug-likeness (QED) is 0.563. The van der Waals surface area contributed by atoms with E-state index in [0.29, 0.717) is 5.92 Å². The number of aliphatic hydroxyl groups is 1. The van der Waals surface area contributed by atoms with Crippen LogP contribution in [0.4, 0.5) is 0 Å². The molecule has 124 valence electrons. The van der Waals surface area contributed by atoms with Gasteiger partial charge in [-0.2, -0.15) is 0 Å². The summed E-state index contributed by atoms with van der Waals surface area (Å²) in [5, 5.41) is 11.2. The highest BCUT2D eigenvalue weighted by atomic mass is 32.1. The highest BCUT2D eigenvalue weighted by molar-refractivity contribution is 7.17. The van der Waals surface area contributed by atoms with E-state index in [1.807, 2.05) is 42.9 Å². The molecule has 0 radical (unpaired) electrons. The van der Waals surface area contributed by atoms with Gasteiger partial charge in [-0.1, -0.05) is 48.5 Å². The van der Waals surface area contributed by atoms with Gasteiger partial charge in [0.15, 0.2) is 0 Å². The van der Waals surface area contributed by atoms with Crippen LogP contribution in [-0.4, -0.2) is 14.5 Å². The molecule has 4 aromatic rings. The van der Waals surface area contributed by atoms with Crippen molar-refractivity contribution in [3.63, 3.8) is 0 Å². The molecule has 1 N–H and O–H groups in total. The molecule has 1 fully saturated rings. The first-order chi connectivity index (χ1) is 12.3. The maximum atomic E-state index is 11.2. The Morgan fingerprint density at radius 2 is 1.84 bits per heavy atom. The first-order valence-electron chi connectivity index (χ1n) is 8.59. The molecule has 2 aromatic heterocycles. The predicted octanol–water partition coefficient (Wildman–Crippen LogP) is 5.02. The summed E-state index contributed by atoms with van der Waals surface area (Å²) < 4.78 is 2.05. The van der Waals surface area contributed by atoms with Gasteiger partial charge in [0.05, 0.1) is 11.9 Å². The number of benzene rings is 2. The maximum absolute atomic E-state index is 11.2. The van der Waals surface area contributed by atoms with E-state index in [-0.39, 0.29) is 0 Å². The summed E-state index contributed by atoms with van der Waals surface area (Å²) in [7, 11) is 0. The summed E-state index contributed by atoms with van der Waals surface area (Å²) >= 11 is 1.77. The summed E-state index contributed by atoms with van der Waals surface area (Å²) in [5.74, 6) is 0.604. The number of hydrogen-bond acceptors (Lipinski definition) is 3. The molecule has 3 nitrogen and oxygen atoms in total. The highest BCUT2D eigenvalue weighted by Crippen LogP contribution is 2.47. The van der Waals surface area contributed by atoms with Crippen LogP contribution in [0.5, 0.6) is 0 Å². The van der Waals surface area contributed by atoms with E-state index >= 15 is 0 Å². The molecule has 25 heavy (non-hydrogen) atoms. The Kier molecular flexibility index (Phi) is 3.47. The van der Waals surface area contributed by atoms with Gasteiger partial charge in [-0.05, 0) is 41.5 Å². The molecular weight excluding hydrogens is 328 g/mol. The van der Waals surface area contributed by atoms with E-state index in [2.05, 4.69) is 33.7 Å². The summed E-state index contributed by atoms with van der Waals surface area (Å²) in [6.07, 6.45) is 5.51. The zero-order valence-electron chi connectivity index (χ0n) is 13.7. The minimum absolute atomic E-state index is 0.604. The number of thiazole rings is 1. The van der Waals surface area contributed by atoms with E-state index in [1.54, 1.807) is 11.3 Å². The fourth-order valence-electron chi connectivity index (χ4n) is 3.40. The van der Waals surface area contributed by atoms with Gasteiger partial charge in [0.2, 0.25) is 0 Å². The van der Waals surface area contributed by atoms with E-state index < -0.39 is 6.10 Å². The molecule has 4 heteroatoms. The lowest BCUT2D eigenvalue weighted by Crippen LogP contribution is -2.05. The molecule has 2 heterocycles. The van der Waals surface area contributed by atoms with Crippen LogP contribution in [0.25, 0.3) is 16.0 Å². The topological polar surface area (TPSA) is 37.5 Å². The molecule has 0 aliphatic heterocycles. The molecular formula is C21H18N2OS. The lowest BCUT2D eigenvalue weighted by molar-refractivity contribution is 0.213. The second kappa shape index (κ2) is 5.83. The normalized spacial score (nSPS) is 15.6. The van der Waals surface area contributed by atoms with Crippen LogP contribution in [0.1, 0.15) is 41.0 Å². The lowest BCUT2D eigenvalue weighted by Gasteiger charge is -2.14. The monoisotopic (exact) mass is 346 g/mol. The van der Waals surface area contributed by atoms with Gasteiger partial charge in [-0.3, -0.25) is 4.40 Å². The molecule has 5 rings (SSSR count). The summed E-state index contributed by atoms with van der Waals surface area (Å²) in [4.78, 5) is 6.67. The largest absolute Gasteiger partial charge is 0.382 e. The number of rotatable bonds is 4. The van der Waals surface area contributed by atoms with Crippen LogP contribution >= 0.6 is 11.3 Å². The fourth-order valence-corrected chi connectivity index (χ4v) is 4.70. The molecule has 2 aromatic carbocycles. The van der Waals surface area contributed by atoms with Gasteiger partial charge in [0.1, 0.15) is 17.3 Å². The Morgan fingerprint density at radius 3 is 2.64 bits per heavy atom. The maximum Gasteiger partial charge on any atom is 0.121 e. The van der Waals surface area contributed by atoms with Crippen molar-refractivity contribution in [3.05, 3.63) is 83.3 Å². The van der Waals surface area contributed by atoms with Crippen LogP contribution < -0.4 is 0 Å². The Morgan fingerprint density at radius 1 is 1.04 bits per heavy atom. The van der Waals surface area contributed by atoms with Gasteiger partial charge in [0, 0.05) is 4.88 Å². The van der Waals surface area contributed by atoms with Crippen molar-refractivity contribution in [2.75, 3.05) is 0 Å². The average molecular weight is 346 g/mol. The number of aromatic nitrogens is 2. The summed E-state index contributed by atoms with van der Waals surface area (Å²) in [6, 6.07) is 18.5. The van der Waals surface area contributed by atoms with E-state index in [0.717, 1.165) is 27.2 Å². The Hall–Kier alpha value is -2.43. The molecule has 1 unspecified atom stereocenters. The van der Waals surface area contributed by atoms with Gasteiger partial charge in [-0.25, -0.2) is 4.98 Å². The Labute approximate surface area is 150 Å².